The highest BCUT2D eigenvalue weighted by Gasteiger charge is 2.22. The summed E-state index contributed by atoms with van der Waals surface area (Å²) in [4.78, 5) is 0. The van der Waals surface area contributed by atoms with Crippen LogP contribution in [0.1, 0.15) is 0 Å². The number of benzene rings is 1. The van der Waals surface area contributed by atoms with Crippen LogP contribution in [0.3, 0.4) is 0 Å². The van der Waals surface area contributed by atoms with Crippen molar-refractivity contribution >= 4 is 36.5 Å². The third-order valence-electron chi connectivity index (χ3n) is 1.84. The molecule has 0 bridgehead atoms. The van der Waals surface area contributed by atoms with E-state index in [9.17, 15) is 4.39 Å². The van der Waals surface area contributed by atoms with Gasteiger partial charge in [-0.1, -0.05) is 48.9 Å². The molecular formula is C9H11Cl2FSi. The number of hydrogen-bond acceptors (Lipinski definition) is 0. The molecule has 4 heteroatoms. The van der Waals surface area contributed by atoms with Gasteiger partial charge in [0.25, 0.3) is 0 Å². The monoisotopic (exact) mass is 236 g/mol. The van der Waals surface area contributed by atoms with Crippen LogP contribution in [0.25, 0.3) is 0 Å². The summed E-state index contributed by atoms with van der Waals surface area (Å²) >= 11 is 11.4. The van der Waals surface area contributed by atoms with Crippen LogP contribution in [-0.2, 0) is 0 Å². The topological polar surface area (TPSA) is 0 Å². The van der Waals surface area contributed by atoms with E-state index >= 15 is 0 Å². The normalized spacial score (nSPS) is 11.8. The van der Waals surface area contributed by atoms with Gasteiger partial charge >= 0.3 is 0 Å². The molecule has 0 heterocycles. The van der Waals surface area contributed by atoms with E-state index in [0.717, 1.165) is 5.19 Å². The van der Waals surface area contributed by atoms with Crippen LogP contribution in [0.4, 0.5) is 4.39 Å². The molecule has 0 aliphatic rings. The first-order valence-corrected chi connectivity index (χ1v) is 8.23. The zero-order valence-electron chi connectivity index (χ0n) is 7.79. The van der Waals surface area contributed by atoms with Crippen molar-refractivity contribution in [2.45, 2.75) is 19.6 Å². The van der Waals surface area contributed by atoms with Crippen molar-refractivity contribution in [3.63, 3.8) is 0 Å². The number of halogens is 3. The Morgan fingerprint density at radius 2 is 1.69 bits per heavy atom. The van der Waals surface area contributed by atoms with Crippen molar-refractivity contribution in [1.82, 2.24) is 0 Å². The zero-order valence-corrected chi connectivity index (χ0v) is 10.3. The molecule has 0 nitrogen and oxygen atoms in total. The average Bonchev–Trinajstić information content (AvgIpc) is 1.98. The largest absolute Gasteiger partial charge is 0.205 e. The molecule has 0 spiro atoms. The second kappa shape index (κ2) is 3.60. The van der Waals surface area contributed by atoms with Gasteiger partial charge in [0, 0.05) is 0 Å². The van der Waals surface area contributed by atoms with E-state index in [-0.39, 0.29) is 15.9 Å². The smallest absolute Gasteiger partial charge is 0.142 e. The number of hydrogen-bond donors (Lipinski definition) is 0. The number of rotatable bonds is 1. The van der Waals surface area contributed by atoms with E-state index < -0.39 is 8.07 Å². The molecule has 0 saturated heterocycles. The highest BCUT2D eigenvalue weighted by molar-refractivity contribution is 6.88. The third kappa shape index (κ3) is 2.24. The first-order valence-electron chi connectivity index (χ1n) is 3.98. The molecule has 0 aliphatic carbocycles. The summed E-state index contributed by atoms with van der Waals surface area (Å²) < 4.78 is 13.6. The average molecular weight is 237 g/mol. The van der Waals surface area contributed by atoms with Crippen LogP contribution < -0.4 is 5.19 Å². The Morgan fingerprint density at radius 1 is 1.15 bits per heavy atom. The lowest BCUT2D eigenvalue weighted by Gasteiger charge is -2.18. The summed E-state index contributed by atoms with van der Waals surface area (Å²) in [5.41, 5.74) is 0. The lowest BCUT2D eigenvalue weighted by Crippen LogP contribution is -2.40. The minimum Gasteiger partial charge on any atom is -0.205 e. The van der Waals surface area contributed by atoms with Crippen molar-refractivity contribution in [3.05, 3.63) is 28.0 Å². The van der Waals surface area contributed by atoms with E-state index in [1.807, 2.05) is 0 Å². The minimum absolute atomic E-state index is 0.0431. The van der Waals surface area contributed by atoms with Gasteiger partial charge in [0.1, 0.15) is 5.82 Å². The minimum atomic E-state index is -1.65. The van der Waals surface area contributed by atoms with Crippen LogP contribution in [0.5, 0.6) is 0 Å². The van der Waals surface area contributed by atoms with Crippen LogP contribution in [0.15, 0.2) is 12.1 Å². The Kier molecular flexibility index (Phi) is 3.05. The van der Waals surface area contributed by atoms with Gasteiger partial charge in [-0.3, -0.25) is 0 Å². The van der Waals surface area contributed by atoms with E-state index in [2.05, 4.69) is 19.6 Å². The maximum Gasteiger partial charge on any atom is 0.142 e. The van der Waals surface area contributed by atoms with E-state index in [1.54, 1.807) is 12.1 Å². The Bertz CT molecular complexity index is 331. The molecule has 0 saturated carbocycles. The molecule has 0 atom stereocenters. The predicted octanol–water partition coefficient (Wildman–Crippen LogP) is 3.68. The second-order valence-corrected chi connectivity index (χ2v) is 9.80. The van der Waals surface area contributed by atoms with Gasteiger partial charge in [-0.15, -0.1) is 0 Å². The molecule has 13 heavy (non-hydrogen) atoms. The van der Waals surface area contributed by atoms with Gasteiger partial charge in [-0.25, -0.2) is 4.39 Å². The van der Waals surface area contributed by atoms with Crippen LogP contribution in [0, 0.1) is 5.82 Å². The van der Waals surface area contributed by atoms with E-state index in [0.29, 0.717) is 0 Å². The summed E-state index contributed by atoms with van der Waals surface area (Å²) in [7, 11) is -1.65. The summed E-state index contributed by atoms with van der Waals surface area (Å²) in [6, 6.07) is 3.39. The molecular weight excluding hydrogens is 226 g/mol. The summed E-state index contributed by atoms with van der Waals surface area (Å²) in [5.74, 6) is -0.353. The summed E-state index contributed by atoms with van der Waals surface area (Å²) in [5, 5.41) is 1.05. The van der Waals surface area contributed by atoms with Gasteiger partial charge in [0.05, 0.1) is 18.1 Å². The van der Waals surface area contributed by atoms with Gasteiger partial charge in [0.2, 0.25) is 0 Å². The van der Waals surface area contributed by atoms with Crippen molar-refractivity contribution in [2.75, 3.05) is 0 Å². The van der Waals surface area contributed by atoms with Crippen molar-refractivity contribution in [2.24, 2.45) is 0 Å². The van der Waals surface area contributed by atoms with Gasteiger partial charge in [-0.2, -0.15) is 0 Å². The molecule has 0 aliphatic heterocycles. The van der Waals surface area contributed by atoms with Crippen molar-refractivity contribution in [1.29, 1.82) is 0 Å². The van der Waals surface area contributed by atoms with Crippen LogP contribution in [0.2, 0.25) is 29.7 Å². The van der Waals surface area contributed by atoms with Crippen molar-refractivity contribution in [3.8, 4) is 0 Å². The van der Waals surface area contributed by atoms with Gasteiger partial charge < -0.3 is 0 Å². The quantitative estimate of drug-likeness (QED) is 0.516. The highest BCUT2D eigenvalue weighted by Crippen LogP contribution is 2.24. The maximum absolute atomic E-state index is 13.6. The molecule has 0 fully saturated rings. The molecule has 72 valence electrons. The first-order chi connectivity index (χ1) is 5.84. The fourth-order valence-corrected chi connectivity index (χ4v) is 2.86. The third-order valence-corrected chi connectivity index (χ3v) is 4.63. The zero-order chi connectivity index (χ0) is 10.2. The fraction of sp³-hybridized carbons (Fsp3) is 0.333. The van der Waals surface area contributed by atoms with Gasteiger partial charge in [-0.05, 0) is 11.3 Å². The van der Waals surface area contributed by atoms with Crippen molar-refractivity contribution < 1.29 is 4.39 Å². The Balaban J connectivity index is 3.35. The lowest BCUT2D eigenvalue weighted by atomic mass is 10.3. The Morgan fingerprint density at radius 3 is 2.15 bits per heavy atom. The fourth-order valence-electron chi connectivity index (χ4n) is 1.11. The van der Waals surface area contributed by atoms with E-state index in [4.69, 9.17) is 23.2 Å². The summed E-state index contributed by atoms with van der Waals surface area (Å²) in [6.07, 6.45) is 0. The molecule has 1 aromatic rings. The molecule has 1 rings (SSSR count). The van der Waals surface area contributed by atoms with Gasteiger partial charge in [0.15, 0.2) is 0 Å². The van der Waals surface area contributed by atoms with E-state index in [1.165, 1.54) is 0 Å². The molecule has 0 radical (unpaired) electrons. The lowest BCUT2D eigenvalue weighted by molar-refractivity contribution is 0.635. The Labute approximate surface area is 88.7 Å². The summed E-state index contributed by atoms with van der Waals surface area (Å²) in [6.45, 7) is 6.20. The van der Waals surface area contributed by atoms with Crippen LogP contribution in [-0.4, -0.2) is 8.07 Å². The standard InChI is InChI=1S/C9H11Cl2FSi/c1-13(2,3)7-5-4-6(10)8(11)9(7)12/h4-5H,1-3H3. The predicted molar refractivity (Wildman–Crippen MR) is 59.4 cm³/mol. The second-order valence-electron chi connectivity index (χ2n) is 3.97. The van der Waals surface area contributed by atoms with Crippen LogP contribution >= 0.6 is 23.2 Å². The molecule has 0 amide bonds. The molecule has 0 unspecified atom stereocenters. The Hall–Kier alpha value is -0.0531. The molecule has 0 N–H and O–H groups in total. The molecule has 0 aromatic heterocycles. The maximum atomic E-state index is 13.6. The highest BCUT2D eigenvalue weighted by atomic mass is 35.5. The first kappa shape index (κ1) is 11.0. The SMILES string of the molecule is C[Si](C)(C)c1ccc(Cl)c(Cl)c1F. The molecule has 1 aromatic carbocycles.